The lowest BCUT2D eigenvalue weighted by molar-refractivity contribution is 0.183. The van der Waals surface area contributed by atoms with Gasteiger partial charge in [0.05, 0.1) is 17.9 Å². The number of alkyl halides is 1. The lowest BCUT2D eigenvalue weighted by Gasteiger charge is -2.14. The predicted octanol–water partition coefficient (Wildman–Crippen LogP) is 3.21. The number of ether oxygens (including phenoxy) is 1. The minimum absolute atomic E-state index is 0.142. The van der Waals surface area contributed by atoms with Crippen LogP contribution < -0.4 is 10.1 Å². The van der Waals surface area contributed by atoms with E-state index in [2.05, 4.69) is 26.2 Å². The minimum atomic E-state index is -1.18. The van der Waals surface area contributed by atoms with E-state index in [9.17, 15) is 9.90 Å². The first-order valence-corrected chi connectivity index (χ1v) is 7.46. The molecule has 0 spiro atoms. The van der Waals surface area contributed by atoms with Gasteiger partial charge in [0, 0.05) is 10.4 Å². The zero-order chi connectivity index (χ0) is 14.9. The van der Waals surface area contributed by atoms with E-state index >= 15 is 0 Å². The second-order valence-corrected chi connectivity index (χ2v) is 6.55. The van der Waals surface area contributed by atoms with Crippen molar-refractivity contribution in [3.63, 3.8) is 0 Å². The molecule has 0 aliphatic carbocycles. The molecular weight excluding hydrogens is 348 g/mol. The molecule has 1 amide bonds. The van der Waals surface area contributed by atoms with Gasteiger partial charge in [-0.15, -0.1) is 0 Å². The highest BCUT2D eigenvalue weighted by Crippen LogP contribution is 2.39. The Kier molecular flexibility index (Phi) is 4.46. The van der Waals surface area contributed by atoms with Gasteiger partial charge < -0.3 is 14.9 Å². The normalized spacial score (nSPS) is 14.0. The maximum absolute atomic E-state index is 10.7. The molecule has 1 aromatic carbocycles. The van der Waals surface area contributed by atoms with E-state index in [0.29, 0.717) is 21.5 Å². The first-order chi connectivity index (χ1) is 9.43. The van der Waals surface area contributed by atoms with Crippen molar-refractivity contribution in [2.75, 3.05) is 12.4 Å². The van der Waals surface area contributed by atoms with Crippen LogP contribution in [0.2, 0.25) is 0 Å². The van der Waals surface area contributed by atoms with E-state index < -0.39 is 12.2 Å². The Morgan fingerprint density at radius 3 is 2.80 bits per heavy atom. The fraction of sp³-hybridized carbons (Fsp3) is 0.333. The number of halogens is 1. The maximum atomic E-state index is 10.7. The van der Waals surface area contributed by atoms with Gasteiger partial charge in [0.2, 0.25) is 0 Å². The number of thiazole rings is 1. The number of nitrogens with zero attached hydrogens (tertiary/aromatic N) is 1. The first kappa shape index (κ1) is 15.0. The number of aromatic nitrogens is 1. The SMILES string of the molecule is COc1ccc(C(O)C(C)Br)c2sc(NC(=O)O)nc12. The molecule has 0 fully saturated rings. The van der Waals surface area contributed by atoms with Crippen LogP contribution in [0.3, 0.4) is 0 Å². The van der Waals surface area contributed by atoms with E-state index in [1.165, 1.54) is 7.11 Å². The van der Waals surface area contributed by atoms with Crippen molar-refractivity contribution in [3.8, 4) is 5.75 Å². The van der Waals surface area contributed by atoms with Crippen molar-refractivity contribution in [3.05, 3.63) is 17.7 Å². The third-order valence-corrected chi connectivity index (χ3v) is 4.25. The van der Waals surface area contributed by atoms with Gasteiger partial charge in [0.15, 0.2) is 5.13 Å². The van der Waals surface area contributed by atoms with Crippen LogP contribution in [0.4, 0.5) is 9.93 Å². The van der Waals surface area contributed by atoms with Crippen LogP contribution in [0.15, 0.2) is 12.1 Å². The molecule has 0 saturated carbocycles. The number of aliphatic hydroxyl groups is 1. The Labute approximate surface area is 127 Å². The maximum Gasteiger partial charge on any atom is 0.410 e. The Bertz CT molecular complexity index is 644. The third-order valence-electron chi connectivity index (χ3n) is 2.72. The number of benzene rings is 1. The molecule has 2 rings (SSSR count). The Hall–Kier alpha value is -1.38. The number of carboxylic acid groups (broad SMARTS) is 1. The second-order valence-electron chi connectivity index (χ2n) is 4.11. The molecule has 0 aliphatic heterocycles. The second kappa shape index (κ2) is 5.94. The number of methoxy groups -OCH3 is 1. The summed E-state index contributed by atoms with van der Waals surface area (Å²) in [4.78, 5) is 14.8. The van der Waals surface area contributed by atoms with Gasteiger partial charge in [-0.05, 0) is 13.0 Å². The van der Waals surface area contributed by atoms with Crippen LogP contribution in [0, 0.1) is 0 Å². The number of anilines is 1. The van der Waals surface area contributed by atoms with Crippen LogP contribution in [0.5, 0.6) is 5.75 Å². The summed E-state index contributed by atoms with van der Waals surface area (Å²) in [6.45, 7) is 1.83. The summed E-state index contributed by atoms with van der Waals surface area (Å²) in [6.07, 6.45) is -1.90. The molecule has 0 bridgehead atoms. The molecule has 8 heteroatoms. The van der Waals surface area contributed by atoms with Gasteiger partial charge in [0.1, 0.15) is 11.3 Å². The summed E-state index contributed by atoms with van der Waals surface area (Å²) < 4.78 is 5.92. The molecule has 2 unspecified atom stereocenters. The molecule has 108 valence electrons. The molecule has 0 radical (unpaired) electrons. The molecule has 3 N–H and O–H groups in total. The van der Waals surface area contributed by atoms with Gasteiger partial charge in [-0.1, -0.05) is 33.3 Å². The smallest absolute Gasteiger partial charge is 0.410 e. The number of fused-ring (bicyclic) bond motifs is 1. The van der Waals surface area contributed by atoms with Crippen molar-refractivity contribution in [1.29, 1.82) is 0 Å². The minimum Gasteiger partial charge on any atom is -0.494 e. The lowest BCUT2D eigenvalue weighted by Crippen LogP contribution is -2.07. The fourth-order valence-electron chi connectivity index (χ4n) is 1.79. The van der Waals surface area contributed by atoms with Crippen LogP contribution in [-0.4, -0.2) is 33.2 Å². The molecule has 2 aromatic rings. The lowest BCUT2D eigenvalue weighted by atomic mass is 10.1. The van der Waals surface area contributed by atoms with E-state index in [-0.39, 0.29) is 9.96 Å². The number of aliphatic hydroxyl groups excluding tert-OH is 1. The third kappa shape index (κ3) is 2.87. The van der Waals surface area contributed by atoms with Gasteiger partial charge in [-0.2, -0.15) is 0 Å². The molecule has 0 aliphatic rings. The summed E-state index contributed by atoms with van der Waals surface area (Å²) in [7, 11) is 1.52. The molecule has 6 nitrogen and oxygen atoms in total. The highest BCUT2D eigenvalue weighted by Gasteiger charge is 2.21. The molecular formula is C12H13BrN2O4S. The van der Waals surface area contributed by atoms with Crippen molar-refractivity contribution >= 4 is 48.7 Å². The standard InChI is InChI=1S/C12H13BrN2O4S/c1-5(13)9(16)6-3-4-7(19-2)8-10(6)20-11(14-8)15-12(17)18/h3-5,9,16H,1-2H3,(H,14,15)(H,17,18). The van der Waals surface area contributed by atoms with Gasteiger partial charge in [-0.3, -0.25) is 5.32 Å². The highest BCUT2D eigenvalue weighted by atomic mass is 79.9. The summed E-state index contributed by atoms with van der Waals surface area (Å²) in [6, 6.07) is 3.47. The van der Waals surface area contributed by atoms with E-state index in [4.69, 9.17) is 9.84 Å². The van der Waals surface area contributed by atoms with Gasteiger partial charge in [0.25, 0.3) is 0 Å². The molecule has 20 heavy (non-hydrogen) atoms. The zero-order valence-electron chi connectivity index (χ0n) is 10.8. The molecule has 0 saturated heterocycles. The predicted molar refractivity (Wildman–Crippen MR) is 81.2 cm³/mol. The fourth-order valence-corrected chi connectivity index (χ4v) is 3.10. The molecule has 1 heterocycles. The number of amides is 1. The average Bonchev–Trinajstić information content (AvgIpc) is 2.78. The summed E-state index contributed by atoms with van der Waals surface area (Å²) in [5, 5.41) is 21.4. The molecule has 1 aromatic heterocycles. The van der Waals surface area contributed by atoms with Crippen LogP contribution in [-0.2, 0) is 0 Å². The van der Waals surface area contributed by atoms with Crippen molar-refractivity contribution in [2.45, 2.75) is 17.9 Å². The monoisotopic (exact) mass is 360 g/mol. The van der Waals surface area contributed by atoms with E-state index in [1.54, 1.807) is 12.1 Å². The van der Waals surface area contributed by atoms with E-state index in [0.717, 1.165) is 11.3 Å². The first-order valence-electron chi connectivity index (χ1n) is 5.73. The van der Waals surface area contributed by atoms with E-state index in [1.807, 2.05) is 6.92 Å². The van der Waals surface area contributed by atoms with Crippen molar-refractivity contribution in [1.82, 2.24) is 4.98 Å². The Balaban J connectivity index is 2.60. The topological polar surface area (TPSA) is 91.7 Å². The van der Waals surface area contributed by atoms with Crippen molar-refractivity contribution < 1.29 is 19.7 Å². The van der Waals surface area contributed by atoms with Crippen LogP contribution >= 0.6 is 27.3 Å². The number of carbonyl (C=O) groups is 1. The number of hydrogen-bond donors (Lipinski definition) is 3. The van der Waals surface area contributed by atoms with Gasteiger partial charge >= 0.3 is 6.09 Å². The summed E-state index contributed by atoms with van der Waals surface area (Å²) >= 11 is 4.50. The number of rotatable bonds is 4. The average molecular weight is 361 g/mol. The summed E-state index contributed by atoms with van der Waals surface area (Å²) in [5.74, 6) is 0.535. The van der Waals surface area contributed by atoms with Crippen LogP contribution in [0.1, 0.15) is 18.6 Å². The Morgan fingerprint density at radius 1 is 1.55 bits per heavy atom. The van der Waals surface area contributed by atoms with Crippen LogP contribution in [0.25, 0.3) is 10.2 Å². The number of hydrogen-bond acceptors (Lipinski definition) is 5. The Morgan fingerprint density at radius 2 is 2.25 bits per heavy atom. The largest absolute Gasteiger partial charge is 0.494 e. The molecule has 2 atom stereocenters. The quantitative estimate of drug-likeness (QED) is 0.728. The highest BCUT2D eigenvalue weighted by molar-refractivity contribution is 9.09. The van der Waals surface area contributed by atoms with Crippen molar-refractivity contribution in [2.24, 2.45) is 0 Å². The summed E-state index contributed by atoms with van der Waals surface area (Å²) in [5.41, 5.74) is 1.21. The zero-order valence-corrected chi connectivity index (χ0v) is 13.2. The van der Waals surface area contributed by atoms with Gasteiger partial charge in [-0.25, -0.2) is 9.78 Å². The number of nitrogens with one attached hydrogen (secondary N) is 1.